The molecule has 2 bridgehead atoms. The van der Waals surface area contributed by atoms with Gasteiger partial charge in [-0.15, -0.1) is 10.2 Å². The predicted octanol–water partition coefficient (Wildman–Crippen LogP) is 0.131. The first-order valence-electron chi connectivity index (χ1n) is 5.30. The number of aromatic nitrogens is 2. The second-order valence-corrected chi connectivity index (χ2v) is 4.91. The van der Waals surface area contributed by atoms with E-state index in [1.807, 2.05) is 0 Å². The van der Waals surface area contributed by atoms with Gasteiger partial charge in [-0.25, -0.2) is 0 Å². The van der Waals surface area contributed by atoms with Crippen molar-refractivity contribution in [3.05, 3.63) is 17.7 Å². The van der Waals surface area contributed by atoms with Gasteiger partial charge in [0.05, 0.1) is 18.1 Å². The van der Waals surface area contributed by atoms with Crippen LogP contribution >= 0.6 is 11.3 Å². The summed E-state index contributed by atoms with van der Waals surface area (Å²) in [6.45, 7) is 0. The lowest BCUT2D eigenvalue weighted by Crippen LogP contribution is -2.39. The Bertz CT molecular complexity index is 515. The number of hydrogen-bond acceptors (Lipinski definition) is 6. The molecule has 3 rings (SSSR count). The van der Waals surface area contributed by atoms with Crippen LogP contribution in [-0.2, 0) is 14.3 Å². The fourth-order valence-electron chi connectivity index (χ4n) is 2.33. The van der Waals surface area contributed by atoms with Crippen LogP contribution in [0.4, 0.5) is 5.13 Å². The number of aliphatic carboxylic acids is 1. The number of fused-ring (bicyclic) bond motifs is 2. The Labute approximate surface area is 105 Å². The number of carbonyl (C=O) groups excluding carboxylic acids is 1. The number of carboxylic acids is 1. The maximum Gasteiger partial charge on any atom is 0.310 e. The van der Waals surface area contributed by atoms with Crippen molar-refractivity contribution in [2.24, 2.45) is 11.8 Å². The largest absolute Gasteiger partial charge is 0.481 e. The van der Waals surface area contributed by atoms with E-state index in [2.05, 4.69) is 15.5 Å². The van der Waals surface area contributed by atoms with E-state index in [0.29, 0.717) is 5.13 Å². The molecule has 4 atom stereocenters. The zero-order chi connectivity index (χ0) is 12.7. The van der Waals surface area contributed by atoms with Gasteiger partial charge in [-0.3, -0.25) is 9.59 Å². The Morgan fingerprint density at radius 3 is 2.67 bits per heavy atom. The zero-order valence-corrected chi connectivity index (χ0v) is 9.83. The molecule has 3 heterocycles. The summed E-state index contributed by atoms with van der Waals surface area (Å²) in [5.74, 6) is -2.98. The third-order valence-corrected chi connectivity index (χ3v) is 3.68. The first-order chi connectivity index (χ1) is 8.66. The number of anilines is 1. The molecule has 0 radical (unpaired) electrons. The molecular weight excluding hydrogens is 258 g/mol. The summed E-state index contributed by atoms with van der Waals surface area (Å²) in [5.41, 5.74) is 1.49. The lowest BCUT2D eigenvalue weighted by molar-refractivity contribution is -0.145. The number of rotatable bonds is 3. The topological polar surface area (TPSA) is 101 Å². The summed E-state index contributed by atoms with van der Waals surface area (Å²) < 4.78 is 5.41. The Morgan fingerprint density at radius 1 is 1.33 bits per heavy atom. The standard InChI is InChI=1S/C10H9N3O4S/c14-8(12-10-13-11-3-18-10)6-4-1-2-5(17-4)7(6)9(15)16/h1-7H,(H,15,16)(H,12,13,14). The van der Waals surface area contributed by atoms with Crippen molar-refractivity contribution in [1.29, 1.82) is 0 Å². The second kappa shape index (κ2) is 4.14. The van der Waals surface area contributed by atoms with Crippen molar-refractivity contribution in [2.75, 3.05) is 5.32 Å². The van der Waals surface area contributed by atoms with Gasteiger partial charge in [0.15, 0.2) is 0 Å². The van der Waals surface area contributed by atoms with Gasteiger partial charge in [0.1, 0.15) is 11.4 Å². The van der Waals surface area contributed by atoms with Gasteiger partial charge >= 0.3 is 5.97 Å². The van der Waals surface area contributed by atoms with Crippen LogP contribution in [0.5, 0.6) is 0 Å². The number of amides is 1. The maximum absolute atomic E-state index is 12.1. The van der Waals surface area contributed by atoms with Gasteiger partial charge in [-0.2, -0.15) is 0 Å². The molecule has 4 unspecified atom stereocenters. The smallest absolute Gasteiger partial charge is 0.310 e. The van der Waals surface area contributed by atoms with E-state index < -0.39 is 35.9 Å². The normalized spacial score (nSPS) is 32.7. The van der Waals surface area contributed by atoms with E-state index in [-0.39, 0.29) is 0 Å². The van der Waals surface area contributed by atoms with Crippen LogP contribution in [0.25, 0.3) is 0 Å². The molecule has 2 aliphatic rings. The van der Waals surface area contributed by atoms with Crippen LogP contribution in [0.1, 0.15) is 0 Å². The number of carbonyl (C=O) groups is 2. The van der Waals surface area contributed by atoms with Crippen molar-refractivity contribution >= 4 is 28.3 Å². The third-order valence-electron chi connectivity index (χ3n) is 3.08. The van der Waals surface area contributed by atoms with Crippen LogP contribution in [0.2, 0.25) is 0 Å². The van der Waals surface area contributed by atoms with Gasteiger partial charge in [0.25, 0.3) is 0 Å². The number of carboxylic acid groups (broad SMARTS) is 1. The monoisotopic (exact) mass is 267 g/mol. The third kappa shape index (κ3) is 1.70. The van der Waals surface area contributed by atoms with Gasteiger partial charge in [-0.05, 0) is 0 Å². The quantitative estimate of drug-likeness (QED) is 0.755. The molecule has 2 N–H and O–H groups in total. The molecule has 0 aromatic carbocycles. The van der Waals surface area contributed by atoms with Crippen LogP contribution in [-0.4, -0.2) is 39.4 Å². The lowest BCUT2D eigenvalue weighted by atomic mass is 9.82. The van der Waals surface area contributed by atoms with Gasteiger partial charge in [-0.1, -0.05) is 23.5 Å². The highest BCUT2D eigenvalue weighted by atomic mass is 32.1. The summed E-state index contributed by atoms with van der Waals surface area (Å²) in [4.78, 5) is 23.3. The molecular formula is C10H9N3O4S. The zero-order valence-electron chi connectivity index (χ0n) is 9.02. The molecule has 0 saturated carbocycles. The molecule has 94 valence electrons. The molecule has 1 saturated heterocycles. The Kier molecular flexibility index (Phi) is 2.60. The summed E-state index contributed by atoms with van der Waals surface area (Å²) in [7, 11) is 0. The highest BCUT2D eigenvalue weighted by Crippen LogP contribution is 2.39. The van der Waals surface area contributed by atoms with Crippen molar-refractivity contribution in [2.45, 2.75) is 12.2 Å². The molecule has 8 heteroatoms. The summed E-state index contributed by atoms with van der Waals surface area (Å²) in [6.07, 6.45) is 2.44. The molecule has 0 spiro atoms. The summed E-state index contributed by atoms with van der Waals surface area (Å²) in [5, 5.41) is 19.4. The number of nitrogens with one attached hydrogen (secondary N) is 1. The lowest BCUT2D eigenvalue weighted by Gasteiger charge is -2.20. The van der Waals surface area contributed by atoms with E-state index >= 15 is 0 Å². The van der Waals surface area contributed by atoms with Crippen molar-refractivity contribution in [1.82, 2.24) is 10.2 Å². The van der Waals surface area contributed by atoms with Crippen LogP contribution in [0.15, 0.2) is 17.7 Å². The van der Waals surface area contributed by atoms with E-state index in [4.69, 9.17) is 9.84 Å². The average Bonchev–Trinajstić information content (AvgIpc) is 3.03. The first-order valence-corrected chi connectivity index (χ1v) is 6.18. The molecule has 1 fully saturated rings. The van der Waals surface area contributed by atoms with E-state index in [0.717, 1.165) is 0 Å². The Balaban J connectivity index is 1.80. The molecule has 0 aliphatic carbocycles. The van der Waals surface area contributed by atoms with Crippen LogP contribution in [0, 0.1) is 11.8 Å². The average molecular weight is 267 g/mol. The molecule has 1 amide bonds. The molecule has 7 nitrogen and oxygen atoms in total. The SMILES string of the molecule is O=C(O)C1C2C=CC(O2)C1C(=O)Nc1nncs1. The van der Waals surface area contributed by atoms with E-state index in [1.54, 1.807) is 12.2 Å². The van der Waals surface area contributed by atoms with Crippen molar-refractivity contribution in [3.8, 4) is 0 Å². The van der Waals surface area contributed by atoms with Crippen LogP contribution in [0.3, 0.4) is 0 Å². The number of hydrogen-bond donors (Lipinski definition) is 2. The number of nitrogens with zero attached hydrogens (tertiary/aromatic N) is 2. The minimum absolute atomic E-state index is 0.357. The van der Waals surface area contributed by atoms with Gasteiger partial charge in [0, 0.05) is 0 Å². The fourth-order valence-corrected chi connectivity index (χ4v) is 2.78. The number of ether oxygens (including phenoxy) is 1. The highest BCUT2D eigenvalue weighted by molar-refractivity contribution is 7.13. The minimum Gasteiger partial charge on any atom is -0.481 e. The maximum atomic E-state index is 12.1. The van der Waals surface area contributed by atoms with Gasteiger partial charge in [0.2, 0.25) is 11.0 Å². The van der Waals surface area contributed by atoms with E-state index in [1.165, 1.54) is 16.8 Å². The summed E-state index contributed by atoms with van der Waals surface area (Å²) >= 11 is 1.18. The van der Waals surface area contributed by atoms with Crippen molar-refractivity contribution in [3.63, 3.8) is 0 Å². The predicted molar refractivity (Wildman–Crippen MR) is 61.0 cm³/mol. The van der Waals surface area contributed by atoms with Crippen molar-refractivity contribution < 1.29 is 19.4 Å². The van der Waals surface area contributed by atoms with Gasteiger partial charge < -0.3 is 15.2 Å². The molecule has 1 aromatic rings. The van der Waals surface area contributed by atoms with E-state index in [9.17, 15) is 9.59 Å². The second-order valence-electron chi connectivity index (χ2n) is 4.07. The Hall–Kier alpha value is -1.80. The molecule has 2 aliphatic heterocycles. The minimum atomic E-state index is -1.02. The Morgan fingerprint density at radius 2 is 2.06 bits per heavy atom. The summed E-state index contributed by atoms with van der Waals surface area (Å²) in [6, 6.07) is 0. The van der Waals surface area contributed by atoms with Crippen LogP contribution < -0.4 is 5.32 Å². The molecule has 18 heavy (non-hydrogen) atoms. The fraction of sp³-hybridized carbons (Fsp3) is 0.400. The highest BCUT2D eigenvalue weighted by Gasteiger charge is 2.53. The molecule has 1 aromatic heterocycles. The first kappa shape index (κ1) is 11.3.